The van der Waals surface area contributed by atoms with Crippen molar-refractivity contribution in [2.75, 3.05) is 12.4 Å². The molecule has 3 unspecified atom stereocenters. The lowest BCUT2D eigenvalue weighted by Gasteiger charge is -2.35. The van der Waals surface area contributed by atoms with Crippen LogP contribution in [0.4, 0.5) is 10.1 Å². The third-order valence-electron chi connectivity index (χ3n) is 3.78. The maximum atomic E-state index is 13.5. The number of nitrogens with one attached hydrogen (secondary N) is 2. The van der Waals surface area contributed by atoms with Crippen LogP contribution in [0.15, 0.2) is 35.7 Å². The van der Waals surface area contributed by atoms with E-state index in [1.807, 2.05) is 17.5 Å². The fraction of sp³-hybridized carbons (Fsp3) is 0.267. The van der Waals surface area contributed by atoms with E-state index < -0.39 is 23.4 Å². The van der Waals surface area contributed by atoms with Crippen molar-refractivity contribution in [1.82, 2.24) is 9.03 Å². The molecule has 1 aliphatic heterocycles. The number of thiophene rings is 1. The second kappa shape index (κ2) is 7.38. The molecule has 128 valence electrons. The Morgan fingerprint density at radius 3 is 3.00 bits per heavy atom. The van der Waals surface area contributed by atoms with Crippen molar-refractivity contribution < 1.29 is 13.7 Å². The zero-order valence-electron chi connectivity index (χ0n) is 12.7. The first-order chi connectivity index (χ1) is 11.5. The van der Waals surface area contributed by atoms with Gasteiger partial charge < -0.3 is 9.87 Å². The largest absolute Gasteiger partial charge is 0.579 e. The van der Waals surface area contributed by atoms with E-state index in [1.54, 1.807) is 18.4 Å². The van der Waals surface area contributed by atoms with Gasteiger partial charge in [-0.05, 0) is 29.6 Å². The van der Waals surface area contributed by atoms with Crippen molar-refractivity contribution >= 4 is 46.1 Å². The van der Waals surface area contributed by atoms with Crippen LogP contribution in [0.2, 0.25) is 5.02 Å². The molecular weight excluding hydrogens is 373 g/mol. The van der Waals surface area contributed by atoms with Crippen LogP contribution in [0.5, 0.6) is 0 Å². The van der Waals surface area contributed by atoms with Crippen LogP contribution in [-0.4, -0.2) is 27.9 Å². The van der Waals surface area contributed by atoms with Gasteiger partial charge in [-0.2, -0.15) is 0 Å². The van der Waals surface area contributed by atoms with Gasteiger partial charge in [-0.25, -0.2) is 4.39 Å². The lowest BCUT2D eigenvalue weighted by Crippen LogP contribution is -2.55. The summed E-state index contributed by atoms with van der Waals surface area (Å²) in [4.78, 5) is 13.6. The normalized spacial score (nSPS) is 24.8. The molecule has 3 rings (SSSR count). The predicted molar refractivity (Wildman–Crippen MR) is 94.5 cm³/mol. The molecule has 1 amide bonds. The van der Waals surface area contributed by atoms with Gasteiger partial charge in [0.2, 0.25) is 5.91 Å². The predicted octanol–water partition coefficient (Wildman–Crippen LogP) is 3.09. The monoisotopic (exact) mass is 387 g/mol. The minimum absolute atomic E-state index is 0.00848. The zero-order chi connectivity index (χ0) is 17.3. The average Bonchev–Trinajstić information content (AvgIpc) is 3.08. The van der Waals surface area contributed by atoms with Crippen molar-refractivity contribution in [2.45, 2.75) is 18.5 Å². The van der Waals surface area contributed by atoms with Crippen molar-refractivity contribution in [3.63, 3.8) is 0 Å². The molecule has 3 atom stereocenters. The molecule has 0 bridgehead atoms. The number of nitrogens with zero attached hydrogens (tertiary/aromatic N) is 1. The standard InChI is InChI=1S/C15H15ClFN3O2S2/c1-20-13(8-12(19-24(20)22)14-3-2-6-23-14)15(21)18-9-4-5-10(16)11(17)7-9/h2-7,12-13,19H,8H2,1H3,(H,18,21). The molecule has 5 nitrogen and oxygen atoms in total. The first-order valence-electron chi connectivity index (χ1n) is 7.16. The lowest BCUT2D eigenvalue weighted by molar-refractivity contribution is -0.120. The number of carbonyl (C=O) groups is 1. The van der Waals surface area contributed by atoms with Crippen molar-refractivity contribution in [1.29, 1.82) is 0 Å². The molecule has 2 heterocycles. The number of benzene rings is 1. The summed E-state index contributed by atoms with van der Waals surface area (Å²) >= 11 is 5.70. The lowest BCUT2D eigenvalue weighted by atomic mass is 10.1. The third-order valence-corrected chi connectivity index (χ3v) is 6.34. The zero-order valence-corrected chi connectivity index (χ0v) is 15.1. The van der Waals surface area contributed by atoms with Crippen LogP contribution >= 0.6 is 22.9 Å². The number of hydrogen-bond acceptors (Lipinski definition) is 5. The summed E-state index contributed by atoms with van der Waals surface area (Å²) in [6, 6.07) is 7.15. The molecule has 9 heteroatoms. The molecule has 1 aliphatic rings. The first-order valence-corrected chi connectivity index (χ1v) is 9.52. The Morgan fingerprint density at radius 2 is 2.33 bits per heavy atom. The van der Waals surface area contributed by atoms with Crippen LogP contribution in [0.25, 0.3) is 0 Å². The number of hydrogen-bond donors (Lipinski definition) is 2. The summed E-state index contributed by atoms with van der Waals surface area (Å²) in [6.45, 7) is 0. The van der Waals surface area contributed by atoms with E-state index in [-0.39, 0.29) is 17.0 Å². The Labute approximate surface area is 151 Å². The summed E-state index contributed by atoms with van der Waals surface area (Å²) in [5, 5.41) is 4.58. The molecule has 2 N–H and O–H groups in total. The Balaban J connectivity index is 1.75. The number of anilines is 1. The summed E-state index contributed by atoms with van der Waals surface area (Å²) in [5.41, 5.74) is 0.312. The molecular formula is C15H15ClFN3O2S2. The quantitative estimate of drug-likeness (QED) is 0.794. The summed E-state index contributed by atoms with van der Waals surface area (Å²) < 4.78 is 30.2. The Hall–Kier alpha value is -1.16. The van der Waals surface area contributed by atoms with Crippen LogP contribution in [0.1, 0.15) is 17.3 Å². The van der Waals surface area contributed by atoms with Gasteiger partial charge in [-0.15, -0.1) is 16.1 Å². The fourth-order valence-corrected chi connectivity index (χ4v) is 4.50. The Morgan fingerprint density at radius 1 is 1.54 bits per heavy atom. The van der Waals surface area contributed by atoms with Crippen LogP contribution in [-0.2, 0) is 16.3 Å². The maximum absolute atomic E-state index is 13.5. The van der Waals surface area contributed by atoms with Gasteiger partial charge in [0.25, 0.3) is 0 Å². The highest BCUT2D eigenvalue weighted by molar-refractivity contribution is 7.87. The van der Waals surface area contributed by atoms with Crippen LogP contribution in [0.3, 0.4) is 0 Å². The number of likely N-dealkylation sites (N-methyl/N-ethyl adjacent to an activating group) is 1. The van der Waals surface area contributed by atoms with Gasteiger partial charge in [0.05, 0.1) is 11.1 Å². The minimum Gasteiger partial charge on any atom is -0.579 e. The van der Waals surface area contributed by atoms with E-state index in [0.717, 1.165) is 10.9 Å². The SMILES string of the molecule is CN1C(C(=O)Nc2ccc(Cl)c(F)c2)CC(c2cccs2)N[S+]1[O-]. The number of carbonyl (C=O) groups excluding carboxylic acids is 1. The van der Waals surface area contributed by atoms with Gasteiger partial charge in [0.15, 0.2) is 0 Å². The van der Waals surface area contributed by atoms with Crippen LogP contribution < -0.4 is 10.0 Å². The van der Waals surface area contributed by atoms with E-state index in [1.165, 1.54) is 16.4 Å². The molecule has 1 aromatic heterocycles. The highest BCUT2D eigenvalue weighted by Crippen LogP contribution is 2.31. The molecule has 0 spiro atoms. The third kappa shape index (κ3) is 3.74. The van der Waals surface area contributed by atoms with Crippen molar-refractivity contribution in [2.24, 2.45) is 0 Å². The number of amides is 1. The Bertz CT molecular complexity index is 732. The Kier molecular flexibility index (Phi) is 5.43. The second-order valence-electron chi connectivity index (χ2n) is 5.35. The highest BCUT2D eigenvalue weighted by Gasteiger charge is 2.41. The van der Waals surface area contributed by atoms with E-state index in [4.69, 9.17) is 11.6 Å². The highest BCUT2D eigenvalue weighted by atomic mass is 35.5. The van der Waals surface area contributed by atoms with Gasteiger partial charge in [-0.1, -0.05) is 22.0 Å². The summed E-state index contributed by atoms with van der Waals surface area (Å²) in [7, 11) is 1.61. The van der Waals surface area contributed by atoms with Crippen molar-refractivity contribution in [3.05, 3.63) is 51.4 Å². The summed E-state index contributed by atoms with van der Waals surface area (Å²) in [6.07, 6.45) is 0.463. The summed E-state index contributed by atoms with van der Waals surface area (Å²) in [5.74, 6) is -0.941. The fourth-order valence-electron chi connectivity index (χ4n) is 2.48. The molecule has 1 aromatic carbocycles. The van der Waals surface area contributed by atoms with E-state index >= 15 is 0 Å². The average molecular weight is 388 g/mol. The molecule has 24 heavy (non-hydrogen) atoms. The number of halogens is 2. The second-order valence-corrected chi connectivity index (χ2v) is 8.05. The van der Waals surface area contributed by atoms with E-state index in [9.17, 15) is 13.7 Å². The van der Waals surface area contributed by atoms with Gasteiger partial charge in [0.1, 0.15) is 23.4 Å². The minimum atomic E-state index is -1.48. The molecule has 1 fully saturated rings. The van der Waals surface area contributed by atoms with Gasteiger partial charge >= 0.3 is 0 Å². The molecule has 0 radical (unpaired) electrons. The molecule has 1 saturated heterocycles. The molecule has 2 aromatic rings. The maximum Gasteiger partial charge on any atom is 0.246 e. The van der Waals surface area contributed by atoms with Crippen LogP contribution in [0, 0.1) is 5.82 Å². The smallest absolute Gasteiger partial charge is 0.246 e. The molecule has 0 saturated carbocycles. The van der Waals surface area contributed by atoms with E-state index in [2.05, 4.69) is 10.0 Å². The first kappa shape index (κ1) is 17.7. The number of rotatable bonds is 3. The van der Waals surface area contributed by atoms with Crippen molar-refractivity contribution in [3.8, 4) is 0 Å². The molecule has 0 aliphatic carbocycles. The van der Waals surface area contributed by atoms with Gasteiger partial charge in [0, 0.05) is 24.0 Å². The van der Waals surface area contributed by atoms with E-state index in [0.29, 0.717) is 12.1 Å². The van der Waals surface area contributed by atoms with Gasteiger partial charge in [-0.3, -0.25) is 4.79 Å². The topological polar surface area (TPSA) is 67.4 Å².